The van der Waals surface area contributed by atoms with Crippen LogP contribution in [0.5, 0.6) is 11.5 Å². The molecule has 0 aliphatic carbocycles. The minimum absolute atomic E-state index is 0.0824. The molecule has 5 aromatic carbocycles. The van der Waals surface area contributed by atoms with Gasteiger partial charge in [-0.2, -0.15) is 0 Å². The van der Waals surface area contributed by atoms with Gasteiger partial charge in [-0.1, -0.05) is 72.8 Å². The van der Waals surface area contributed by atoms with Crippen molar-refractivity contribution < 1.29 is 38.4 Å². The number of rotatable bonds is 16. The van der Waals surface area contributed by atoms with Gasteiger partial charge < -0.3 is 40.0 Å². The second-order valence-electron chi connectivity index (χ2n) is 15.9. The molecule has 9 rings (SSSR count). The van der Waals surface area contributed by atoms with Crippen LogP contribution >= 0.6 is 0 Å². The van der Waals surface area contributed by atoms with Gasteiger partial charge in [-0.05, 0) is 115 Å². The lowest BCUT2D eigenvalue weighted by atomic mass is 9.86. The van der Waals surface area contributed by atoms with Crippen molar-refractivity contribution in [2.24, 2.45) is 5.92 Å². The number of esters is 1. The van der Waals surface area contributed by atoms with Gasteiger partial charge in [0, 0.05) is 30.1 Å². The van der Waals surface area contributed by atoms with E-state index in [4.69, 9.17) is 14.2 Å². The number of aromatic amines is 1. The summed E-state index contributed by atoms with van der Waals surface area (Å²) in [4.78, 5) is 42.8. The monoisotopic (exact) mass is 840 g/mol. The predicted molar refractivity (Wildman–Crippen MR) is 231 cm³/mol. The molecule has 0 spiro atoms. The van der Waals surface area contributed by atoms with E-state index < -0.39 is 30.0 Å². The van der Waals surface area contributed by atoms with Crippen LogP contribution in [0.15, 0.2) is 126 Å². The summed E-state index contributed by atoms with van der Waals surface area (Å²) in [6.45, 7) is 3.56. The van der Waals surface area contributed by atoms with Crippen LogP contribution in [0.4, 0.5) is 9.18 Å². The minimum atomic E-state index is -0.910. The van der Waals surface area contributed by atoms with E-state index in [-0.39, 0.29) is 48.3 Å². The Morgan fingerprint density at radius 3 is 2.39 bits per heavy atom. The van der Waals surface area contributed by atoms with E-state index in [2.05, 4.69) is 20.5 Å². The van der Waals surface area contributed by atoms with Gasteiger partial charge in [0.25, 0.3) is 0 Å². The van der Waals surface area contributed by atoms with E-state index in [0.717, 1.165) is 54.7 Å². The average molecular weight is 841 g/mol. The van der Waals surface area contributed by atoms with Crippen LogP contribution < -0.4 is 20.9 Å². The molecule has 2 bridgehead atoms. The van der Waals surface area contributed by atoms with Crippen molar-refractivity contribution in [3.05, 3.63) is 176 Å². The molecule has 0 saturated carbocycles. The number of nitrogens with one attached hydrogen (secondary N) is 3. The van der Waals surface area contributed by atoms with Gasteiger partial charge in [0.15, 0.2) is 0 Å². The van der Waals surface area contributed by atoms with Crippen molar-refractivity contribution in [1.29, 1.82) is 0 Å². The van der Waals surface area contributed by atoms with Gasteiger partial charge in [0.2, 0.25) is 5.56 Å². The lowest BCUT2D eigenvalue weighted by molar-refractivity contribution is -0.0336. The number of carbonyl (C=O) groups excluding carboxylic acids is 2. The molecule has 320 valence electrons. The van der Waals surface area contributed by atoms with Crippen LogP contribution in [0.2, 0.25) is 0 Å². The number of nitrogens with zero attached hydrogens (tertiary/aromatic N) is 1. The number of hydrogen-bond donors (Lipinski definition) is 5. The highest BCUT2D eigenvalue weighted by Gasteiger charge is 2.37. The summed E-state index contributed by atoms with van der Waals surface area (Å²) in [6.07, 6.45) is 1.13. The topological polar surface area (TPSA) is 162 Å². The summed E-state index contributed by atoms with van der Waals surface area (Å²) in [7, 11) is 0. The molecule has 6 aromatic rings. The number of alkyl carbamates (subject to hydrolysis) is 1. The number of halogens is 1. The number of aliphatic hydroxyl groups is 1. The average Bonchev–Trinajstić information content (AvgIpc) is 3.29. The van der Waals surface area contributed by atoms with E-state index in [0.29, 0.717) is 41.1 Å². The Morgan fingerprint density at radius 2 is 1.63 bits per heavy atom. The largest absolute Gasteiger partial charge is 0.506 e. The number of pyridine rings is 1. The van der Waals surface area contributed by atoms with Crippen LogP contribution in [-0.2, 0) is 29.1 Å². The molecule has 0 unspecified atom stereocenters. The fourth-order valence-corrected chi connectivity index (χ4v) is 8.25. The number of aromatic hydroxyl groups is 1. The molecule has 0 radical (unpaired) electrons. The van der Waals surface area contributed by atoms with Crippen molar-refractivity contribution >= 4 is 23.0 Å². The number of carbonyl (C=O) groups is 2. The summed E-state index contributed by atoms with van der Waals surface area (Å²) in [5.41, 5.74) is 4.32. The van der Waals surface area contributed by atoms with Crippen molar-refractivity contribution in [1.82, 2.24) is 20.5 Å². The van der Waals surface area contributed by atoms with E-state index in [1.54, 1.807) is 48.5 Å². The number of phenolic OH excluding ortho intramolecular Hbond substituents is 1. The summed E-state index contributed by atoms with van der Waals surface area (Å²) in [5.74, 6) is -0.147. The maximum absolute atomic E-state index is 15.0. The van der Waals surface area contributed by atoms with Crippen molar-refractivity contribution in [3.8, 4) is 11.5 Å². The minimum Gasteiger partial charge on any atom is -0.506 e. The normalized spacial score (nSPS) is 17.9. The first-order valence-corrected chi connectivity index (χ1v) is 20.9. The van der Waals surface area contributed by atoms with E-state index in [1.165, 1.54) is 18.2 Å². The van der Waals surface area contributed by atoms with Gasteiger partial charge in [-0.3, -0.25) is 9.69 Å². The smallest absolute Gasteiger partial charge is 0.408 e. The van der Waals surface area contributed by atoms with Crippen LogP contribution in [0.3, 0.4) is 0 Å². The van der Waals surface area contributed by atoms with Crippen LogP contribution in [0.1, 0.15) is 68.7 Å². The Bertz CT molecular complexity index is 2560. The van der Waals surface area contributed by atoms with Gasteiger partial charge >= 0.3 is 12.1 Å². The van der Waals surface area contributed by atoms with Crippen molar-refractivity contribution in [3.63, 3.8) is 0 Å². The van der Waals surface area contributed by atoms with E-state index >= 15 is 4.39 Å². The first-order chi connectivity index (χ1) is 30.2. The van der Waals surface area contributed by atoms with Crippen LogP contribution in [-0.4, -0.2) is 71.0 Å². The third-order valence-corrected chi connectivity index (χ3v) is 11.7. The number of fused-ring (bicyclic) bond motifs is 4. The molecule has 3 atom stereocenters. The summed E-state index contributed by atoms with van der Waals surface area (Å²) in [6, 6.07) is 34.4. The van der Waals surface area contributed by atoms with Crippen LogP contribution in [0.25, 0.3) is 10.9 Å². The number of aromatic nitrogens is 1. The Hall–Kier alpha value is -6.54. The number of ether oxygens (including phenoxy) is 3. The van der Waals surface area contributed by atoms with Gasteiger partial charge in [-0.25, -0.2) is 14.0 Å². The summed E-state index contributed by atoms with van der Waals surface area (Å²) >= 11 is 0. The van der Waals surface area contributed by atoms with E-state index in [9.17, 15) is 24.6 Å². The molecule has 62 heavy (non-hydrogen) atoms. The Morgan fingerprint density at radius 1 is 0.855 bits per heavy atom. The Balaban J connectivity index is 0.797. The molecule has 4 heterocycles. The van der Waals surface area contributed by atoms with Gasteiger partial charge in [0.1, 0.15) is 36.6 Å². The maximum atomic E-state index is 15.0. The third-order valence-electron chi connectivity index (χ3n) is 11.7. The lowest BCUT2D eigenvalue weighted by Crippen LogP contribution is -2.52. The fraction of sp³-hybridized carbons (Fsp3) is 0.286. The van der Waals surface area contributed by atoms with Crippen molar-refractivity contribution in [2.75, 3.05) is 32.7 Å². The zero-order valence-corrected chi connectivity index (χ0v) is 34.1. The van der Waals surface area contributed by atoms with Crippen molar-refractivity contribution in [2.45, 2.75) is 50.7 Å². The molecule has 1 aromatic heterocycles. The highest BCUT2D eigenvalue weighted by Crippen LogP contribution is 2.32. The number of hydrogen-bond acceptors (Lipinski definition) is 10. The molecular formula is C49H49FN4O8. The number of H-pyrrole nitrogens is 1. The molecular weight excluding hydrogens is 792 g/mol. The number of amides is 1. The van der Waals surface area contributed by atoms with Gasteiger partial charge in [0.05, 0.1) is 23.2 Å². The number of piperidine rings is 3. The van der Waals surface area contributed by atoms with E-state index in [1.807, 2.05) is 54.6 Å². The number of phenols is 1. The predicted octanol–water partition coefficient (Wildman–Crippen LogP) is 7.08. The van der Waals surface area contributed by atoms with Gasteiger partial charge in [-0.15, -0.1) is 0 Å². The second-order valence-corrected chi connectivity index (χ2v) is 15.9. The zero-order chi connectivity index (χ0) is 43.0. The number of aliphatic hydroxyl groups excluding tert-OH is 1. The second kappa shape index (κ2) is 19.4. The fourth-order valence-electron chi connectivity index (χ4n) is 8.25. The summed E-state index contributed by atoms with van der Waals surface area (Å²) in [5, 5.41) is 27.7. The molecule has 3 aliphatic rings. The summed E-state index contributed by atoms with van der Waals surface area (Å²) < 4.78 is 32.6. The Labute approximate surface area is 358 Å². The quantitative estimate of drug-likeness (QED) is 0.0503. The third kappa shape index (κ3) is 10.3. The standard InChI is InChI=1S/C49H49FN4O8/c50-41-25-31(19-22-51-27-43(56)39-15-17-42(55)47-40(39)16-18-45(57)52-47)9-14-37(41)30-61-48(58)35-12-10-32(11-13-35)29-60-38-8-4-7-36(26-38)46(34-5-2-1-3-6-34)53-49(59)62-44-28-54-23-20-33(44)21-24-54/h1-18,25-26,33,43-44,46,51,55-56H,19-24,27-30H2,(H,52,57)(H,53,59)/t43-,44-,46-/m0/s1. The SMILES string of the molecule is O=C(N[C@@H](c1ccccc1)c1cccc(OCc2ccc(C(=O)OCc3ccc(CCNC[C@H](O)c4ccc(O)c5[nH]c(=O)ccc45)cc3F)cc2)c1)O[C@H]1CN2CCC1CC2. The first kappa shape index (κ1) is 42.2. The zero-order valence-electron chi connectivity index (χ0n) is 34.1. The molecule has 12 nitrogen and oxygen atoms in total. The highest BCUT2D eigenvalue weighted by molar-refractivity contribution is 5.89. The molecule has 3 saturated heterocycles. The highest BCUT2D eigenvalue weighted by atomic mass is 19.1. The number of benzene rings is 5. The molecule has 5 N–H and O–H groups in total. The molecule has 13 heteroatoms. The Kier molecular flexibility index (Phi) is 13.2. The molecule has 3 fully saturated rings. The molecule has 1 amide bonds. The maximum Gasteiger partial charge on any atom is 0.408 e. The lowest BCUT2D eigenvalue weighted by Gasteiger charge is -2.43. The molecule has 3 aliphatic heterocycles. The first-order valence-electron chi connectivity index (χ1n) is 20.9. The van der Waals surface area contributed by atoms with Crippen LogP contribution in [0, 0.1) is 11.7 Å².